The molecule has 23 heavy (non-hydrogen) atoms. The van der Waals surface area contributed by atoms with Crippen LogP contribution >= 0.6 is 0 Å². The number of hydrogen-bond acceptors (Lipinski definition) is 2. The molecule has 2 N–H and O–H groups in total. The van der Waals surface area contributed by atoms with Gasteiger partial charge in [-0.1, -0.05) is 50.1 Å². The van der Waals surface area contributed by atoms with Gasteiger partial charge < -0.3 is 10.2 Å². The molecule has 0 aromatic heterocycles. The first-order valence-electron chi connectivity index (χ1n) is 7.73. The molecule has 0 spiro atoms. The Morgan fingerprint density at radius 1 is 0.870 bits per heavy atom. The molecule has 0 aliphatic heterocycles. The van der Waals surface area contributed by atoms with Crippen LogP contribution in [0.3, 0.4) is 0 Å². The molecule has 4 nitrogen and oxygen atoms in total. The molecular weight excluding hydrogens is 292 g/mol. The van der Waals surface area contributed by atoms with Crippen molar-refractivity contribution >= 4 is 11.9 Å². The van der Waals surface area contributed by atoms with Gasteiger partial charge in [0.1, 0.15) is 0 Å². The van der Waals surface area contributed by atoms with E-state index >= 15 is 0 Å². The molecule has 0 saturated heterocycles. The molecule has 0 saturated carbocycles. The Balaban J connectivity index is 2.52. The highest BCUT2D eigenvalue weighted by molar-refractivity contribution is 6.02. The third-order valence-corrected chi connectivity index (χ3v) is 3.83. The summed E-state index contributed by atoms with van der Waals surface area (Å²) in [6.45, 7) is 2.13. The lowest BCUT2D eigenvalue weighted by atomic mass is 9.92. The Hall–Kier alpha value is -2.62. The van der Waals surface area contributed by atoms with E-state index in [0.29, 0.717) is 11.1 Å². The smallest absolute Gasteiger partial charge is 0.336 e. The largest absolute Gasteiger partial charge is 0.478 e. The number of carboxylic acids is 2. The van der Waals surface area contributed by atoms with Crippen LogP contribution in [0.1, 0.15) is 52.5 Å². The number of rotatable bonds is 7. The van der Waals surface area contributed by atoms with Gasteiger partial charge in [0.15, 0.2) is 0 Å². The Kier molecular flexibility index (Phi) is 5.52. The summed E-state index contributed by atoms with van der Waals surface area (Å²) < 4.78 is 0. The quantitative estimate of drug-likeness (QED) is 0.739. The van der Waals surface area contributed by atoms with Gasteiger partial charge in [0.05, 0.1) is 11.1 Å². The molecule has 0 bridgehead atoms. The highest BCUT2D eigenvalue weighted by Crippen LogP contribution is 2.29. The zero-order valence-corrected chi connectivity index (χ0v) is 13.1. The normalized spacial score (nSPS) is 10.5. The van der Waals surface area contributed by atoms with E-state index in [1.807, 2.05) is 6.07 Å². The molecule has 0 amide bonds. The first kappa shape index (κ1) is 16.7. The summed E-state index contributed by atoms with van der Waals surface area (Å²) in [6.07, 6.45) is 4.11. The molecule has 2 aromatic rings. The zero-order chi connectivity index (χ0) is 16.8. The molecule has 0 aliphatic rings. The molecule has 0 unspecified atom stereocenters. The number of aromatic carboxylic acids is 2. The minimum atomic E-state index is -1.06. The first-order chi connectivity index (χ1) is 11.0. The van der Waals surface area contributed by atoms with E-state index in [2.05, 4.69) is 6.92 Å². The lowest BCUT2D eigenvalue weighted by Gasteiger charge is -2.12. The molecule has 0 radical (unpaired) electrons. The summed E-state index contributed by atoms with van der Waals surface area (Å²) in [7, 11) is 0. The summed E-state index contributed by atoms with van der Waals surface area (Å²) in [4.78, 5) is 22.9. The maximum absolute atomic E-state index is 11.5. The molecule has 4 heteroatoms. The Morgan fingerprint density at radius 2 is 1.52 bits per heavy atom. The second-order valence-corrected chi connectivity index (χ2v) is 5.49. The van der Waals surface area contributed by atoms with Crippen molar-refractivity contribution in [1.29, 1.82) is 0 Å². The van der Waals surface area contributed by atoms with Crippen molar-refractivity contribution in [3.05, 3.63) is 59.2 Å². The minimum Gasteiger partial charge on any atom is -0.478 e. The minimum absolute atomic E-state index is 0.112. The third kappa shape index (κ3) is 3.97. The maximum atomic E-state index is 11.5. The first-order valence-corrected chi connectivity index (χ1v) is 7.73. The van der Waals surface area contributed by atoms with E-state index in [4.69, 9.17) is 0 Å². The van der Waals surface area contributed by atoms with E-state index in [0.717, 1.165) is 31.2 Å². The number of carbonyl (C=O) groups is 2. The van der Waals surface area contributed by atoms with Crippen molar-refractivity contribution in [2.45, 2.75) is 32.6 Å². The summed E-state index contributed by atoms with van der Waals surface area (Å²) in [6, 6.07) is 11.7. The standard InChI is InChI=1S/C19H20O4/c1-2-3-4-7-13-10-11-16(19(22)23)17(12-13)14-8-5-6-9-15(14)18(20)21/h5-6,8-12H,2-4,7H2,1H3,(H,20,21)(H,22,23). The van der Waals surface area contributed by atoms with Gasteiger partial charge in [0, 0.05) is 0 Å². The van der Waals surface area contributed by atoms with Crippen LogP contribution in [-0.2, 0) is 6.42 Å². The van der Waals surface area contributed by atoms with Crippen molar-refractivity contribution in [2.24, 2.45) is 0 Å². The summed E-state index contributed by atoms with van der Waals surface area (Å²) in [5.41, 5.74) is 2.16. The maximum Gasteiger partial charge on any atom is 0.336 e. The topological polar surface area (TPSA) is 74.6 Å². The molecule has 0 fully saturated rings. The number of unbranched alkanes of at least 4 members (excludes halogenated alkanes) is 2. The third-order valence-electron chi connectivity index (χ3n) is 3.83. The van der Waals surface area contributed by atoms with Crippen molar-refractivity contribution in [1.82, 2.24) is 0 Å². The fourth-order valence-corrected chi connectivity index (χ4v) is 2.64. The number of hydrogen-bond donors (Lipinski definition) is 2. The predicted molar refractivity (Wildman–Crippen MR) is 89.0 cm³/mol. The van der Waals surface area contributed by atoms with Crippen LogP contribution in [0.4, 0.5) is 0 Å². The zero-order valence-electron chi connectivity index (χ0n) is 13.1. The second kappa shape index (κ2) is 7.58. The Labute approximate surface area is 135 Å². The highest BCUT2D eigenvalue weighted by Gasteiger charge is 2.17. The SMILES string of the molecule is CCCCCc1ccc(C(=O)O)c(-c2ccccc2C(=O)O)c1. The molecule has 2 rings (SSSR count). The fourth-order valence-electron chi connectivity index (χ4n) is 2.64. The summed E-state index contributed by atoms with van der Waals surface area (Å²) in [5.74, 6) is -2.12. The van der Waals surface area contributed by atoms with Crippen LogP contribution < -0.4 is 0 Å². The van der Waals surface area contributed by atoms with Crippen molar-refractivity contribution < 1.29 is 19.8 Å². The summed E-state index contributed by atoms with van der Waals surface area (Å²) in [5, 5.41) is 18.8. The van der Waals surface area contributed by atoms with Crippen LogP contribution in [0.2, 0.25) is 0 Å². The van der Waals surface area contributed by atoms with Crippen LogP contribution in [-0.4, -0.2) is 22.2 Å². The molecule has 0 aliphatic carbocycles. The van der Waals surface area contributed by atoms with Crippen LogP contribution in [0, 0.1) is 0 Å². The fraction of sp³-hybridized carbons (Fsp3) is 0.263. The average Bonchev–Trinajstić information content (AvgIpc) is 2.54. The second-order valence-electron chi connectivity index (χ2n) is 5.49. The molecular formula is C19H20O4. The van der Waals surface area contributed by atoms with Crippen LogP contribution in [0.15, 0.2) is 42.5 Å². The van der Waals surface area contributed by atoms with Gasteiger partial charge in [-0.3, -0.25) is 0 Å². The van der Waals surface area contributed by atoms with Crippen molar-refractivity contribution in [3.63, 3.8) is 0 Å². The van der Waals surface area contributed by atoms with Gasteiger partial charge in [-0.15, -0.1) is 0 Å². The van der Waals surface area contributed by atoms with E-state index in [1.54, 1.807) is 30.3 Å². The Bertz CT molecular complexity index is 719. The Morgan fingerprint density at radius 3 is 2.17 bits per heavy atom. The van der Waals surface area contributed by atoms with Crippen molar-refractivity contribution in [2.75, 3.05) is 0 Å². The molecule has 2 aromatic carbocycles. The van der Waals surface area contributed by atoms with Gasteiger partial charge in [-0.2, -0.15) is 0 Å². The highest BCUT2D eigenvalue weighted by atomic mass is 16.4. The molecule has 0 heterocycles. The molecule has 0 atom stereocenters. The van der Waals surface area contributed by atoms with Gasteiger partial charge >= 0.3 is 11.9 Å². The monoisotopic (exact) mass is 312 g/mol. The van der Waals surface area contributed by atoms with E-state index in [-0.39, 0.29) is 11.1 Å². The predicted octanol–water partition coefficient (Wildman–Crippen LogP) is 4.48. The lowest BCUT2D eigenvalue weighted by molar-refractivity contribution is 0.0684. The van der Waals surface area contributed by atoms with E-state index in [9.17, 15) is 19.8 Å². The van der Waals surface area contributed by atoms with Gasteiger partial charge in [-0.05, 0) is 41.7 Å². The summed E-state index contributed by atoms with van der Waals surface area (Å²) >= 11 is 0. The van der Waals surface area contributed by atoms with Crippen molar-refractivity contribution in [3.8, 4) is 11.1 Å². The number of aryl methyl sites for hydroxylation is 1. The van der Waals surface area contributed by atoms with Crippen LogP contribution in [0.5, 0.6) is 0 Å². The number of benzene rings is 2. The van der Waals surface area contributed by atoms with Gasteiger partial charge in [-0.25, -0.2) is 9.59 Å². The van der Waals surface area contributed by atoms with Crippen LogP contribution in [0.25, 0.3) is 11.1 Å². The lowest BCUT2D eigenvalue weighted by Crippen LogP contribution is -2.05. The number of carboxylic acid groups (broad SMARTS) is 2. The van der Waals surface area contributed by atoms with E-state index in [1.165, 1.54) is 6.07 Å². The van der Waals surface area contributed by atoms with E-state index < -0.39 is 11.9 Å². The molecule has 120 valence electrons. The van der Waals surface area contributed by atoms with Gasteiger partial charge in [0.2, 0.25) is 0 Å². The average molecular weight is 312 g/mol. The van der Waals surface area contributed by atoms with Gasteiger partial charge in [0.25, 0.3) is 0 Å².